The fraction of sp³-hybridized carbons (Fsp3) is 0.684. The molecular weight excluding hydrogens is 242 g/mol. The van der Waals surface area contributed by atoms with Crippen LogP contribution in [-0.4, -0.2) is 6.54 Å². The Hall–Kier alpha value is -0.820. The highest BCUT2D eigenvalue weighted by Crippen LogP contribution is 2.29. The summed E-state index contributed by atoms with van der Waals surface area (Å²) in [7, 11) is 0. The second kappa shape index (κ2) is 7.83. The Labute approximate surface area is 126 Å². The summed E-state index contributed by atoms with van der Waals surface area (Å²) < 4.78 is 0. The molecule has 0 amide bonds. The molecule has 1 unspecified atom stereocenters. The maximum absolute atomic E-state index is 3.70. The third kappa shape index (κ3) is 6.56. The predicted molar refractivity (Wildman–Crippen MR) is 90.1 cm³/mol. The minimum absolute atomic E-state index is 0.349. The molecule has 0 aliphatic carbocycles. The highest BCUT2D eigenvalue weighted by atomic mass is 14.9. The van der Waals surface area contributed by atoms with E-state index in [4.69, 9.17) is 0 Å². The van der Waals surface area contributed by atoms with E-state index < -0.39 is 0 Å². The number of nitrogens with one attached hydrogen (secondary N) is 1. The topological polar surface area (TPSA) is 12.0 Å². The molecule has 114 valence electrons. The molecule has 0 bridgehead atoms. The summed E-state index contributed by atoms with van der Waals surface area (Å²) in [6.07, 6.45) is 3.54. The number of hydrogen-bond donors (Lipinski definition) is 1. The SMILES string of the molecule is CCCNC(CC(C)(C)C)c1ccc(CC(C)C)cc1. The van der Waals surface area contributed by atoms with E-state index in [-0.39, 0.29) is 0 Å². The Balaban J connectivity index is 2.79. The lowest BCUT2D eigenvalue weighted by molar-refractivity contribution is 0.311. The van der Waals surface area contributed by atoms with Crippen LogP contribution in [0.25, 0.3) is 0 Å². The van der Waals surface area contributed by atoms with Crippen molar-refractivity contribution in [3.8, 4) is 0 Å². The van der Waals surface area contributed by atoms with Crippen LogP contribution < -0.4 is 5.32 Å². The molecule has 1 aromatic rings. The number of hydrogen-bond acceptors (Lipinski definition) is 1. The summed E-state index contributed by atoms with van der Waals surface area (Å²) in [4.78, 5) is 0. The van der Waals surface area contributed by atoms with Crippen LogP contribution in [0.3, 0.4) is 0 Å². The first-order valence-electron chi connectivity index (χ1n) is 8.14. The minimum Gasteiger partial charge on any atom is -0.310 e. The number of rotatable bonds is 7. The van der Waals surface area contributed by atoms with Crippen molar-refractivity contribution in [3.05, 3.63) is 35.4 Å². The van der Waals surface area contributed by atoms with Crippen LogP contribution in [-0.2, 0) is 6.42 Å². The highest BCUT2D eigenvalue weighted by Gasteiger charge is 2.19. The van der Waals surface area contributed by atoms with Gasteiger partial charge in [0.2, 0.25) is 0 Å². The van der Waals surface area contributed by atoms with E-state index in [2.05, 4.69) is 71.1 Å². The lowest BCUT2D eigenvalue weighted by atomic mass is 9.85. The molecule has 0 aliphatic heterocycles. The zero-order valence-electron chi connectivity index (χ0n) is 14.3. The second-order valence-corrected chi connectivity index (χ2v) is 7.61. The Kier molecular flexibility index (Phi) is 6.75. The molecule has 1 nitrogen and oxygen atoms in total. The third-order valence-corrected chi connectivity index (χ3v) is 3.48. The third-order valence-electron chi connectivity index (χ3n) is 3.48. The molecule has 1 rings (SSSR count). The van der Waals surface area contributed by atoms with Gasteiger partial charge in [-0.25, -0.2) is 0 Å². The average molecular weight is 275 g/mol. The molecule has 0 aromatic heterocycles. The van der Waals surface area contributed by atoms with Crippen LogP contribution >= 0.6 is 0 Å². The lowest BCUT2D eigenvalue weighted by Crippen LogP contribution is -2.26. The zero-order valence-corrected chi connectivity index (χ0v) is 14.3. The van der Waals surface area contributed by atoms with Gasteiger partial charge >= 0.3 is 0 Å². The maximum Gasteiger partial charge on any atom is 0.0325 e. The first-order valence-corrected chi connectivity index (χ1v) is 8.14. The van der Waals surface area contributed by atoms with Crippen molar-refractivity contribution in [2.24, 2.45) is 11.3 Å². The lowest BCUT2D eigenvalue weighted by Gasteiger charge is -2.27. The van der Waals surface area contributed by atoms with Gasteiger partial charge in [0, 0.05) is 6.04 Å². The smallest absolute Gasteiger partial charge is 0.0325 e. The Bertz CT molecular complexity index is 370. The summed E-state index contributed by atoms with van der Waals surface area (Å²) in [6, 6.07) is 9.72. The van der Waals surface area contributed by atoms with Gasteiger partial charge in [-0.3, -0.25) is 0 Å². The summed E-state index contributed by atoms with van der Waals surface area (Å²) in [6.45, 7) is 14.8. The minimum atomic E-state index is 0.349. The molecule has 0 spiro atoms. The largest absolute Gasteiger partial charge is 0.310 e. The van der Waals surface area contributed by atoms with Crippen LogP contribution in [0.1, 0.15) is 71.6 Å². The monoisotopic (exact) mass is 275 g/mol. The first kappa shape index (κ1) is 17.2. The van der Waals surface area contributed by atoms with Crippen molar-refractivity contribution in [2.75, 3.05) is 6.54 Å². The Morgan fingerprint density at radius 1 is 1.05 bits per heavy atom. The van der Waals surface area contributed by atoms with E-state index in [1.54, 1.807) is 0 Å². The summed E-state index contributed by atoms with van der Waals surface area (Å²) in [5.74, 6) is 0.726. The molecule has 0 heterocycles. The van der Waals surface area contributed by atoms with E-state index in [0.717, 1.165) is 12.5 Å². The molecule has 0 radical (unpaired) electrons. The molecule has 0 fully saturated rings. The van der Waals surface area contributed by atoms with Crippen molar-refractivity contribution in [2.45, 2.75) is 66.8 Å². The molecule has 1 heteroatoms. The van der Waals surface area contributed by atoms with Crippen LogP contribution in [0.4, 0.5) is 0 Å². The van der Waals surface area contributed by atoms with Gasteiger partial charge in [0.15, 0.2) is 0 Å². The zero-order chi connectivity index (χ0) is 15.2. The fourth-order valence-corrected chi connectivity index (χ4v) is 2.60. The van der Waals surface area contributed by atoms with E-state index in [0.29, 0.717) is 11.5 Å². The molecule has 1 aromatic carbocycles. The molecule has 1 atom stereocenters. The molecule has 1 N–H and O–H groups in total. The van der Waals surface area contributed by atoms with Crippen molar-refractivity contribution >= 4 is 0 Å². The number of benzene rings is 1. The van der Waals surface area contributed by atoms with Crippen molar-refractivity contribution < 1.29 is 0 Å². The normalized spacial score (nSPS) is 13.8. The maximum atomic E-state index is 3.70. The van der Waals surface area contributed by atoms with E-state index >= 15 is 0 Å². The first-order chi connectivity index (χ1) is 9.31. The molecular formula is C19H33N. The van der Waals surface area contributed by atoms with E-state index in [9.17, 15) is 0 Å². The average Bonchev–Trinajstić information content (AvgIpc) is 2.33. The molecule has 0 saturated heterocycles. The summed E-state index contributed by atoms with van der Waals surface area (Å²) in [5, 5.41) is 3.70. The van der Waals surface area contributed by atoms with Crippen molar-refractivity contribution in [3.63, 3.8) is 0 Å². The summed E-state index contributed by atoms with van der Waals surface area (Å²) in [5.41, 5.74) is 3.23. The van der Waals surface area contributed by atoms with Crippen LogP contribution in [0.2, 0.25) is 0 Å². The van der Waals surface area contributed by atoms with Gasteiger partial charge in [-0.2, -0.15) is 0 Å². The van der Waals surface area contributed by atoms with E-state index in [1.807, 2.05) is 0 Å². The molecule has 20 heavy (non-hydrogen) atoms. The van der Waals surface area contributed by atoms with Crippen LogP contribution in [0.15, 0.2) is 24.3 Å². The predicted octanol–water partition coefficient (Wildman–Crippen LogP) is 5.36. The Morgan fingerprint density at radius 3 is 2.10 bits per heavy atom. The standard InChI is InChI=1S/C19H33N/c1-7-12-20-18(14-19(4,5)6)17-10-8-16(9-11-17)13-15(2)3/h8-11,15,18,20H,7,12-14H2,1-6H3. The van der Waals surface area contributed by atoms with Gasteiger partial charge in [-0.05, 0) is 48.3 Å². The van der Waals surface area contributed by atoms with Crippen molar-refractivity contribution in [1.82, 2.24) is 5.32 Å². The van der Waals surface area contributed by atoms with Gasteiger partial charge in [0.1, 0.15) is 0 Å². The van der Waals surface area contributed by atoms with Crippen LogP contribution in [0.5, 0.6) is 0 Å². The van der Waals surface area contributed by atoms with Crippen molar-refractivity contribution in [1.29, 1.82) is 0 Å². The van der Waals surface area contributed by atoms with Gasteiger partial charge in [0.25, 0.3) is 0 Å². The van der Waals surface area contributed by atoms with Gasteiger partial charge in [-0.15, -0.1) is 0 Å². The Morgan fingerprint density at radius 2 is 1.65 bits per heavy atom. The van der Waals surface area contributed by atoms with Crippen LogP contribution in [0, 0.1) is 11.3 Å². The van der Waals surface area contributed by atoms with E-state index in [1.165, 1.54) is 30.4 Å². The van der Waals surface area contributed by atoms with Gasteiger partial charge in [0.05, 0.1) is 0 Å². The molecule has 0 aliphatic rings. The fourth-order valence-electron chi connectivity index (χ4n) is 2.60. The highest BCUT2D eigenvalue weighted by molar-refractivity contribution is 5.25. The second-order valence-electron chi connectivity index (χ2n) is 7.61. The van der Waals surface area contributed by atoms with Gasteiger partial charge in [-0.1, -0.05) is 65.8 Å². The quantitative estimate of drug-likeness (QED) is 0.706. The molecule has 0 saturated carbocycles. The summed E-state index contributed by atoms with van der Waals surface area (Å²) >= 11 is 0. The van der Waals surface area contributed by atoms with Gasteiger partial charge < -0.3 is 5.32 Å².